The third kappa shape index (κ3) is 5.04. The summed E-state index contributed by atoms with van der Waals surface area (Å²) in [7, 11) is 0. The second-order valence-electron chi connectivity index (χ2n) is 6.52. The van der Waals surface area contributed by atoms with E-state index in [1.807, 2.05) is 0 Å². The number of anilines is 3. The van der Waals surface area contributed by atoms with Gasteiger partial charge in [-0.1, -0.05) is 6.07 Å². The Morgan fingerprint density at radius 3 is 2.37 bits per heavy atom. The number of nitrogens with one attached hydrogen (secondary N) is 3. The van der Waals surface area contributed by atoms with Gasteiger partial charge >= 0.3 is 0 Å². The minimum Gasteiger partial charge on any atom is -0.376 e. The maximum Gasteiger partial charge on any atom is 0.293 e. The second kappa shape index (κ2) is 7.86. The molecule has 140 valence electrons. The van der Waals surface area contributed by atoms with Gasteiger partial charge in [-0.15, -0.1) is 0 Å². The molecule has 0 radical (unpaired) electrons. The van der Waals surface area contributed by atoms with Crippen molar-refractivity contribution >= 4 is 34.6 Å². The summed E-state index contributed by atoms with van der Waals surface area (Å²) in [4.78, 5) is 34.4. The number of carbonyl (C=O) groups is 2. The van der Waals surface area contributed by atoms with Crippen molar-refractivity contribution in [3.63, 3.8) is 0 Å². The van der Waals surface area contributed by atoms with Gasteiger partial charge in [-0.25, -0.2) is 0 Å². The Bertz CT molecular complexity index is 876. The fourth-order valence-corrected chi connectivity index (χ4v) is 2.54. The molecule has 2 aromatic carbocycles. The minimum atomic E-state index is -0.523. The van der Waals surface area contributed by atoms with Crippen LogP contribution in [0, 0.1) is 23.0 Å². The molecule has 0 saturated heterocycles. The Balaban J connectivity index is 1.53. The fourth-order valence-electron chi connectivity index (χ4n) is 2.54. The quantitative estimate of drug-likeness (QED) is 0.512. The Morgan fingerprint density at radius 1 is 1.07 bits per heavy atom. The number of carbonyl (C=O) groups excluding carboxylic acids is 2. The first-order valence-corrected chi connectivity index (χ1v) is 8.62. The van der Waals surface area contributed by atoms with Gasteiger partial charge in [0.05, 0.1) is 11.5 Å². The number of rotatable bonds is 7. The molecule has 27 heavy (non-hydrogen) atoms. The Morgan fingerprint density at radius 2 is 1.74 bits per heavy atom. The van der Waals surface area contributed by atoms with Gasteiger partial charge in [-0.05, 0) is 55.7 Å². The van der Waals surface area contributed by atoms with Crippen LogP contribution in [0.2, 0.25) is 0 Å². The summed E-state index contributed by atoms with van der Waals surface area (Å²) in [5.74, 6) is -0.222. The van der Waals surface area contributed by atoms with Gasteiger partial charge in [0.15, 0.2) is 0 Å². The lowest BCUT2D eigenvalue weighted by Gasteiger charge is -2.10. The number of aryl methyl sites for hydroxylation is 1. The number of benzene rings is 2. The first-order valence-electron chi connectivity index (χ1n) is 8.62. The van der Waals surface area contributed by atoms with Crippen LogP contribution in [0.1, 0.15) is 18.4 Å². The van der Waals surface area contributed by atoms with Gasteiger partial charge in [0.1, 0.15) is 5.69 Å². The number of nitro groups is 1. The molecule has 8 heteroatoms. The molecule has 0 aliphatic heterocycles. The summed E-state index contributed by atoms with van der Waals surface area (Å²) in [5, 5.41) is 19.4. The lowest BCUT2D eigenvalue weighted by Crippen LogP contribution is -2.22. The van der Waals surface area contributed by atoms with Crippen LogP contribution in [0.4, 0.5) is 22.7 Å². The summed E-state index contributed by atoms with van der Waals surface area (Å²) in [6.07, 6.45) is 1.89. The van der Waals surface area contributed by atoms with Gasteiger partial charge < -0.3 is 16.0 Å². The molecule has 0 spiro atoms. The van der Waals surface area contributed by atoms with Crippen molar-refractivity contribution < 1.29 is 14.5 Å². The summed E-state index contributed by atoms with van der Waals surface area (Å²) < 4.78 is 0. The van der Waals surface area contributed by atoms with E-state index in [9.17, 15) is 19.7 Å². The second-order valence-corrected chi connectivity index (χ2v) is 6.52. The van der Waals surface area contributed by atoms with Crippen molar-refractivity contribution in [2.24, 2.45) is 5.92 Å². The zero-order valence-electron chi connectivity index (χ0n) is 14.8. The van der Waals surface area contributed by atoms with Crippen LogP contribution in [0.3, 0.4) is 0 Å². The maximum atomic E-state index is 12.1. The average molecular weight is 368 g/mol. The third-order valence-electron chi connectivity index (χ3n) is 4.18. The van der Waals surface area contributed by atoms with Crippen molar-refractivity contribution in [1.82, 2.24) is 0 Å². The van der Waals surface area contributed by atoms with Crippen LogP contribution in [-0.2, 0) is 9.59 Å². The standard InChI is InChI=1S/C19H20N4O4/c1-12-2-9-16(17(10-12)23(26)27)22-18(24)11-20-14-5-7-15(8-6-14)21-19(25)13-3-4-13/h2,5-10,13,20H,3-4,11H2,1H3,(H,21,25)(H,22,24). The van der Waals surface area contributed by atoms with E-state index in [-0.39, 0.29) is 29.7 Å². The van der Waals surface area contributed by atoms with Crippen LogP contribution in [-0.4, -0.2) is 23.3 Å². The molecule has 0 unspecified atom stereocenters. The molecule has 0 heterocycles. The summed E-state index contributed by atoms with van der Waals surface area (Å²) >= 11 is 0. The molecule has 8 nitrogen and oxygen atoms in total. The topological polar surface area (TPSA) is 113 Å². The van der Waals surface area contributed by atoms with Gasteiger partial charge in [-0.2, -0.15) is 0 Å². The van der Waals surface area contributed by atoms with E-state index >= 15 is 0 Å². The highest BCUT2D eigenvalue weighted by Gasteiger charge is 2.29. The molecular weight excluding hydrogens is 348 g/mol. The minimum absolute atomic E-state index is 0.0368. The zero-order chi connectivity index (χ0) is 19.4. The number of amides is 2. The lowest BCUT2D eigenvalue weighted by atomic mass is 10.2. The zero-order valence-corrected chi connectivity index (χ0v) is 14.8. The summed E-state index contributed by atoms with van der Waals surface area (Å²) in [6, 6.07) is 11.6. The number of nitrogens with zero attached hydrogens (tertiary/aromatic N) is 1. The van der Waals surface area contributed by atoms with E-state index in [0.717, 1.165) is 18.4 Å². The fraction of sp³-hybridized carbons (Fsp3) is 0.263. The monoisotopic (exact) mass is 368 g/mol. The van der Waals surface area contributed by atoms with E-state index in [1.54, 1.807) is 37.3 Å². The Kier molecular flexibility index (Phi) is 5.35. The molecule has 0 aromatic heterocycles. The summed E-state index contributed by atoms with van der Waals surface area (Å²) in [6.45, 7) is 1.70. The molecule has 1 aliphatic rings. The van der Waals surface area contributed by atoms with Crippen molar-refractivity contribution in [3.8, 4) is 0 Å². The number of nitro benzene ring substituents is 1. The number of hydrogen-bond donors (Lipinski definition) is 3. The van der Waals surface area contributed by atoms with E-state index in [0.29, 0.717) is 11.4 Å². The van der Waals surface area contributed by atoms with E-state index < -0.39 is 10.8 Å². The molecule has 1 fully saturated rings. The maximum absolute atomic E-state index is 12.1. The highest BCUT2D eigenvalue weighted by molar-refractivity contribution is 5.96. The van der Waals surface area contributed by atoms with Gasteiger partial charge in [0.25, 0.3) is 5.69 Å². The van der Waals surface area contributed by atoms with E-state index in [1.165, 1.54) is 12.1 Å². The predicted octanol–water partition coefficient (Wildman–Crippen LogP) is 3.30. The SMILES string of the molecule is Cc1ccc(NC(=O)CNc2ccc(NC(=O)C3CC3)cc2)c([N+](=O)[O-])c1. The average Bonchev–Trinajstić information content (AvgIpc) is 3.48. The van der Waals surface area contributed by atoms with E-state index in [4.69, 9.17) is 0 Å². The van der Waals surface area contributed by atoms with Crippen LogP contribution in [0.15, 0.2) is 42.5 Å². The molecule has 0 atom stereocenters. The van der Waals surface area contributed by atoms with Gasteiger partial charge in [-0.3, -0.25) is 19.7 Å². The van der Waals surface area contributed by atoms with Crippen molar-refractivity contribution in [1.29, 1.82) is 0 Å². The molecule has 0 bridgehead atoms. The van der Waals surface area contributed by atoms with Crippen LogP contribution in [0.5, 0.6) is 0 Å². The molecule has 1 aliphatic carbocycles. The Labute approximate surface area is 156 Å². The van der Waals surface area contributed by atoms with Crippen molar-refractivity contribution in [2.45, 2.75) is 19.8 Å². The highest BCUT2D eigenvalue weighted by Crippen LogP contribution is 2.30. The molecule has 2 aromatic rings. The molecule has 3 N–H and O–H groups in total. The van der Waals surface area contributed by atoms with Crippen molar-refractivity contribution in [2.75, 3.05) is 22.5 Å². The largest absolute Gasteiger partial charge is 0.376 e. The normalized spacial score (nSPS) is 12.9. The summed E-state index contributed by atoms with van der Waals surface area (Å²) in [5.41, 5.74) is 2.17. The lowest BCUT2D eigenvalue weighted by molar-refractivity contribution is -0.384. The Hall–Kier alpha value is -3.42. The molecule has 1 saturated carbocycles. The third-order valence-corrected chi connectivity index (χ3v) is 4.18. The number of hydrogen-bond acceptors (Lipinski definition) is 5. The first-order chi connectivity index (χ1) is 12.9. The highest BCUT2D eigenvalue weighted by atomic mass is 16.6. The van der Waals surface area contributed by atoms with Gasteiger partial charge in [0.2, 0.25) is 11.8 Å². The van der Waals surface area contributed by atoms with E-state index in [2.05, 4.69) is 16.0 Å². The van der Waals surface area contributed by atoms with Crippen LogP contribution in [0.25, 0.3) is 0 Å². The van der Waals surface area contributed by atoms with Crippen LogP contribution >= 0.6 is 0 Å². The molecule has 2 amide bonds. The first kappa shape index (κ1) is 18.4. The molecular formula is C19H20N4O4. The molecule has 3 rings (SSSR count). The van der Waals surface area contributed by atoms with Gasteiger partial charge in [0, 0.05) is 23.4 Å². The van der Waals surface area contributed by atoms with Crippen molar-refractivity contribution in [3.05, 3.63) is 58.1 Å². The van der Waals surface area contributed by atoms with Crippen LogP contribution < -0.4 is 16.0 Å². The predicted molar refractivity (Wildman–Crippen MR) is 103 cm³/mol. The smallest absolute Gasteiger partial charge is 0.293 e.